The van der Waals surface area contributed by atoms with Crippen LogP contribution in [0, 0.1) is 22.7 Å². The number of likely N-dealkylation sites (tertiary alicyclic amines) is 1. The number of halogens is 4. The molecule has 1 fully saturated rings. The normalized spacial score (nSPS) is 22.8. The predicted octanol–water partition coefficient (Wildman–Crippen LogP) is 1.65. The van der Waals surface area contributed by atoms with E-state index in [1.165, 1.54) is 11.9 Å². The van der Waals surface area contributed by atoms with Gasteiger partial charge in [0.2, 0.25) is 17.7 Å². The summed E-state index contributed by atoms with van der Waals surface area (Å²) < 4.78 is 40.0. The Morgan fingerprint density at radius 2 is 2.00 bits per heavy atom. The summed E-state index contributed by atoms with van der Waals surface area (Å²) in [5.74, 6) is -3.78. The van der Waals surface area contributed by atoms with Gasteiger partial charge in [-0.15, -0.1) is 0 Å². The van der Waals surface area contributed by atoms with E-state index < -0.39 is 47.4 Å². The third-order valence-corrected chi connectivity index (χ3v) is 6.95. The number of carbonyl (C=O) groups is 4. The number of hydrogen-bond acceptors (Lipinski definition) is 6. The lowest BCUT2D eigenvalue weighted by molar-refractivity contribution is -0.175. The van der Waals surface area contributed by atoms with Crippen LogP contribution < -0.4 is 10.6 Å². The molecule has 2 N–H and O–H groups in total. The van der Waals surface area contributed by atoms with Gasteiger partial charge in [0, 0.05) is 19.7 Å². The topological polar surface area (TPSA) is 140 Å². The fraction of sp³-hybridized carbons (Fsp3) is 0.636. The number of fused-ring (bicyclic) bond motifs is 1. The van der Waals surface area contributed by atoms with Crippen LogP contribution in [0.1, 0.15) is 33.6 Å². The molecule has 1 saturated heterocycles. The number of carbonyl (C=O) groups excluding carboxylic acids is 4. The Balaban J connectivity index is 1.84. The van der Waals surface area contributed by atoms with Gasteiger partial charge in [-0.1, -0.05) is 13.8 Å². The third-order valence-electron chi connectivity index (χ3n) is 6.56. The molecule has 1 spiro atoms. The van der Waals surface area contributed by atoms with Gasteiger partial charge in [-0.2, -0.15) is 23.5 Å². The Morgan fingerprint density at radius 1 is 1.35 bits per heavy atom. The van der Waals surface area contributed by atoms with Crippen LogP contribution in [0.25, 0.3) is 0 Å². The maximum absolute atomic E-state index is 13.7. The number of rotatable bonds is 6. The summed E-state index contributed by atoms with van der Waals surface area (Å²) in [7, 11) is 1.26. The molecule has 2 aliphatic rings. The Bertz CT molecular complexity index is 1150. The minimum absolute atomic E-state index is 0.0437. The van der Waals surface area contributed by atoms with Gasteiger partial charge in [-0.05, 0) is 41.6 Å². The SMILES string of the molecule is CC(C)CC(C(=O)N1CC2(C[C@H]1C#N)Cn1nc(Br)cc1NC2=O)N(C)C(=O)C(C)NC(=O)C(F)(F)F. The molecule has 1 aromatic rings. The number of alkyl halides is 3. The lowest BCUT2D eigenvalue weighted by Crippen LogP contribution is -2.56. The van der Waals surface area contributed by atoms with Crippen LogP contribution in [0.5, 0.6) is 0 Å². The van der Waals surface area contributed by atoms with E-state index in [0.29, 0.717) is 10.4 Å². The summed E-state index contributed by atoms with van der Waals surface area (Å²) in [6.07, 6.45) is -4.98. The first-order chi connectivity index (χ1) is 17.1. The Kier molecular flexibility index (Phi) is 7.92. The molecule has 2 aliphatic heterocycles. The molecule has 0 aliphatic carbocycles. The van der Waals surface area contributed by atoms with Crippen molar-refractivity contribution in [3.8, 4) is 6.07 Å². The molecular weight excluding hydrogens is 563 g/mol. The minimum atomic E-state index is -5.17. The number of aromatic nitrogens is 2. The molecule has 1 aromatic heterocycles. The van der Waals surface area contributed by atoms with Crippen molar-refractivity contribution in [2.45, 2.75) is 64.5 Å². The Morgan fingerprint density at radius 3 is 2.57 bits per heavy atom. The summed E-state index contributed by atoms with van der Waals surface area (Å²) in [6.45, 7) is 4.71. The molecular formula is C22H27BrF3N7O4. The molecule has 0 aromatic carbocycles. The van der Waals surface area contributed by atoms with Crippen LogP contribution in [-0.2, 0) is 25.7 Å². The van der Waals surface area contributed by atoms with Gasteiger partial charge in [0.15, 0.2) is 0 Å². The highest BCUT2D eigenvalue weighted by Crippen LogP contribution is 2.41. The molecule has 3 unspecified atom stereocenters. The molecule has 37 heavy (non-hydrogen) atoms. The van der Waals surface area contributed by atoms with E-state index in [2.05, 4.69) is 32.4 Å². The third kappa shape index (κ3) is 5.73. The molecule has 3 rings (SSSR count). The molecule has 4 amide bonds. The summed E-state index contributed by atoms with van der Waals surface area (Å²) in [5.41, 5.74) is -1.13. The number of anilines is 1. The highest BCUT2D eigenvalue weighted by atomic mass is 79.9. The zero-order valence-corrected chi connectivity index (χ0v) is 22.2. The Labute approximate surface area is 219 Å². The average molecular weight is 590 g/mol. The van der Waals surface area contributed by atoms with Crippen molar-refractivity contribution in [3.63, 3.8) is 0 Å². The predicted molar refractivity (Wildman–Crippen MR) is 126 cm³/mol. The zero-order chi connectivity index (χ0) is 27.9. The van der Waals surface area contributed by atoms with Crippen LogP contribution >= 0.6 is 15.9 Å². The van der Waals surface area contributed by atoms with E-state index in [0.717, 1.165) is 11.8 Å². The molecule has 0 bridgehead atoms. The first-order valence-corrected chi connectivity index (χ1v) is 12.3. The highest BCUT2D eigenvalue weighted by Gasteiger charge is 2.54. The van der Waals surface area contributed by atoms with Crippen molar-refractivity contribution in [1.29, 1.82) is 5.26 Å². The molecule has 15 heteroatoms. The van der Waals surface area contributed by atoms with E-state index in [1.54, 1.807) is 29.9 Å². The van der Waals surface area contributed by atoms with Gasteiger partial charge >= 0.3 is 12.1 Å². The first-order valence-electron chi connectivity index (χ1n) is 11.5. The standard InChI is InChI=1S/C22H27BrF3N7O4/c1-11(2)5-14(31(4)17(34)12(3)28-20(37)22(24,25)26)18(35)32-9-21(7-13(32)8-27)10-33-16(29-19(21)36)6-15(23)30-33/h6,11-14H,5,7,9-10H2,1-4H3,(H,28,37)(H,29,36)/t12?,13-,14?,21?/m0/s1. The summed E-state index contributed by atoms with van der Waals surface area (Å²) >= 11 is 3.25. The number of nitriles is 1. The van der Waals surface area contributed by atoms with E-state index >= 15 is 0 Å². The fourth-order valence-corrected chi connectivity index (χ4v) is 5.09. The maximum Gasteiger partial charge on any atom is 0.471 e. The number of nitrogens with one attached hydrogen (secondary N) is 2. The van der Waals surface area contributed by atoms with Crippen molar-refractivity contribution in [2.75, 3.05) is 18.9 Å². The molecule has 11 nitrogen and oxygen atoms in total. The quantitative estimate of drug-likeness (QED) is 0.517. The van der Waals surface area contributed by atoms with Crippen molar-refractivity contribution in [1.82, 2.24) is 24.9 Å². The van der Waals surface area contributed by atoms with Crippen LogP contribution in [-0.4, -0.2) is 81.1 Å². The van der Waals surface area contributed by atoms with E-state index in [9.17, 15) is 37.6 Å². The van der Waals surface area contributed by atoms with Crippen LogP contribution in [0.2, 0.25) is 0 Å². The van der Waals surface area contributed by atoms with E-state index in [4.69, 9.17) is 0 Å². The average Bonchev–Trinajstić information content (AvgIpc) is 3.35. The van der Waals surface area contributed by atoms with Crippen molar-refractivity contribution in [3.05, 3.63) is 10.7 Å². The van der Waals surface area contributed by atoms with Crippen molar-refractivity contribution in [2.24, 2.45) is 11.3 Å². The minimum Gasteiger partial charge on any atom is -0.337 e. The lowest BCUT2D eigenvalue weighted by Gasteiger charge is -2.35. The number of hydrogen-bond donors (Lipinski definition) is 2. The van der Waals surface area contributed by atoms with Gasteiger partial charge in [0.1, 0.15) is 28.5 Å². The second-order valence-electron chi connectivity index (χ2n) is 9.85. The van der Waals surface area contributed by atoms with Crippen LogP contribution in [0.3, 0.4) is 0 Å². The Hall–Kier alpha value is -3.15. The molecule has 0 radical (unpaired) electrons. The van der Waals surface area contributed by atoms with Gasteiger partial charge in [-0.25, -0.2) is 4.68 Å². The van der Waals surface area contributed by atoms with Gasteiger partial charge in [0.25, 0.3) is 0 Å². The smallest absolute Gasteiger partial charge is 0.337 e. The number of likely N-dealkylation sites (N-methyl/N-ethyl adjacent to an activating group) is 1. The number of amides is 4. The van der Waals surface area contributed by atoms with Gasteiger partial charge in [0.05, 0.1) is 18.0 Å². The maximum atomic E-state index is 13.7. The molecule has 4 atom stereocenters. The lowest BCUT2D eigenvalue weighted by atomic mass is 9.83. The second-order valence-corrected chi connectivity index (χ2v) is 10.7. The van der Waals surface area contributed by atoms with Crippen molar-refractivity contribution < 1.29 is 32.3 Å². The fourth-order valence-electron chi connectivity index (χ4n) is 4.68. The van der Waals surface area contributed by atoms with Gasteiger partial charge in [-0.3, -0.25) is 19.2 Å². The van der Waals surface area contributed by atoms with Crippen LogP contribution in [0.4, 0.5) is 19.0 Å². The van der Waals surface area contributed by atoms with Crippen LogP contribution in [0.15, 0.2) is 10.7 Å². The van der Waals surface area contributed by atoms with Gasteiger partial charge < -0.3 is 20.4 Å². The molecule has 202 valence electrons. The van der Waals surface area contributed by atoms with E-state index in [-0.39, 0.29) is 37.8 Å². The zero-order valence-electron chi connectivity index (χ0n) is 20.6. The summed E-state index contributed by atoms with van der Waals surface area (Å²) in [6, 6.07) is 0.0224. The van der Waals surface area contributed by atoms with E-state index in [1.807, 2.05) is 0 Å². The second kappa shape index (κ2) is 10.3. The molecule has 3 heterocycles. The largest absolute Gasteiger partial charge is 0.471 e. The first kappa shape index (κ1) is 28.4. The summed E-state index contributed by atoms with van der Waals surface area (Å²) in [5, 5.41) is 18.5. The van der Waals surface area contributed by atoms with Crippen molar-refractivity contribution >= 4 is 45.4 Å². The monoisotopic (exact) mass is 589 g/mol. The highest BCUT2D eigenvalue weighted by molar-refractivity contribution is 9.10. The number of nitrogens with zero attached hydrogens (tertiary/aromatic N) is 5. The summed E-state index contributed by atoms with van der Waals surface area (Å²) in [4.78, 5) is 53.3. The molecule has 0 saturated carbocycles.